The van der Waals surface area contributed by atoms with Crippen molar-refractivity contribution < 1.29 is 9.90 Å². The third-order valence-corrected chi connectivity index (χ3v) is 2.24. The number of phenols is 1. The van der Waals surface area contributed by atoms with Gasteiger partial charge in [0.1, 0.15) is 11.8 Å². The Bertz CT molecular complexity index is 426. The Hall–Kier alpha value is -1.54. The zero-order chi connectivity index (χ0) is 11.4. The molecule has 0 aliphatic rings. The van der Waals surface area contributed by atoms with Gasteiger partial charge in [-0.2, -0.15) is 5.26 Å². The van der Waals surface area contributed by atoms with Crippen LogP contribution >= 0.6 is 15.9 Å². The summed E-state index contributed by atoms with van der Waals surface area (Å²) in [6, 6.07) is 5.84. The molecule has 0 aliphatic heterocycles. The fraction of sp³-hybridized carbons (Fsp3) is 0.200. The first-order valence-electron chi connectivity index (χ1n) is 4.23. The average molecular weight is 269 g/mol. The summed E-state index contributed by atoms with van der Waals surface area (Å²) in [5.74, 6) is -0.582. The maximum absolute atomic E-state index is 11.5. The molecule has 0 aliphatic carbocycles. The third kappa shape index (κ3) is 2.96. The fourth-order valence-electron chi connectivity index (χ4n) is 1.00. The van der Waals surface area contributed by atoms with E-state index >= 15 is 0 Å². The highest BCUT2D eigenvalue weighted by atomic mass is 79.9. The number of aromatic hydroxyl groups is 1. The number of hydrogen-bond acceptors (Lipinski definition) is 3. The van der Waals surface area contributed by atoms with E-state index in [0.717, 1.165) is 0 Å². The van der Waals surface area contributed by atoms with Crippen LogP contribution in [-0.4, -0.2) is 17.1 Å². The SMILES string of the molecule is CC(C#N)NC(=O)c1ccc(Br)cc1O. The molecule has 1 aromatic carbocycles. The first-order valence-corrected chi connectivity index (χ1v) is 5.03. The van der Waals surface area contributed by atoms with Gasteiger partial charge in [0.25, 0.3) is 5.91 Å². The molecular weight excluding hydrogens is 260 g/mol. The number of carbonyl (C=O) groups is 1. The minimum Gasteiger partial charge on any atom is -0.507 e. The Labute approximate surface area is 95.7 Å². The maximum Gasteiger partial charge on any atom is 0.256 e. The molecule has 0 heterocycles. The summed E-state index contributed by atoms with van der Waals surface area (Å²) in [6.07, 6.45) is 0. The lowest BCUT2D eigenvalue weighted by Crippen LogP contribution is -2.31. The van der Waals surface area contributed by atoms with Crippen molar-refractivity contribution in [3.05, 3.63) is 28.2 Å². The normalized spacial score (nSPS) is 11.5. The number of nitrogens with zero attached hydrogens (tertiary/aromatic N) is 1. The van der Waals surface area contributed by atoms with Crippen LogP contribution in [0, 0.1) is 11.3 Å². The molecule has 15 heavy (non-hydrogen) atoms. The third-order valence-electron chi connectivity index (χ3n) is 1.75. The van der Waals surface area contributed by atoms with Crippen LogP contribution in [0.15, 0.2) is 22.7 Å². The van der Waals surface area contributed by atoms with E-state index in [2.05, 4.69) is 21.2 Å². The van der Waals surface area contributed by atoms with Crippen LogP contribution in [0.1, 0.15) is 17.3 Å². The number of benzene rings is 1. The van der Waals surface area contributed by atoms with E-state index in [0.29, 0.717) is 4.47 Å². The van der Waals surface area contributed by atoms with Gasteiger partial charge in [0.15, 0.2) is 0 Å². The molecule has 4 nitrogen and oxygen atoms in total. The largest absolute Gasteiger partial charge is 0.507 e. The number of amides is 1. The molecule has 1 aromatic rings. The molecule has 0 bridgehead atoms. The summed E-state index contributed by atoms with van der Waals surface area (Å²) in [4.78, 5) is 11.5. The quantitative estimate of drug-likeness (QED) is 0.859. The van der Waals surface area contributed by atoms with Gasteiger partial charge in [-0.05, 0) is 25.1 Å². The van der Waals surface area contributed by atoms with Crippen LogP contribution in [-0.2, 0) is 0 Å². The predicted octanol–water partition coefficient (Wildman–Crippen LogP) is 1.80. The van der Waals surface area contributed by atoms with Crippen LogP contribution in [0.5, 0.6) is 5.75 Å². The van der Waals surface area contributed by atoms with Crippen LogP contribution in [0.2, 0.25) is 0 Å². The number of phenolic OH excluding ortho intramolecular Hbond substituents is 1. The number of carbonyl (C=O) groups excluding carboxylic acids is 1. The summed E-state index contributed by atoms with van der Waals surface area (Å²) < 4.78 is 0.685. The summed E-state index contributed by atoms with van der Waals surface area (Å²) >= 11 is 3.17. The van der Waals surface area contributed by atoms with E-state index in [9.17, 15) is 9.90 Å². The van der Waals surface area contributed by atoms with Gasteiger partial charge in [-0.1, -0.05) is 15.9 Å². The molecule has 0 aromatic heterocycles. The van der Waals surface area contributed by atoms with Gasteiger partial charge in [-0.15, -0.1) is 0 Å². The van der Waals surface area contributed by atoms with Crippen molar-refractivity contribution in [2.45, 2.75) is 13.0 Å². The Balaban J connectivity index is 2.88. The van der Waals surface area contributed by atoms with Crippen LogP contribution in [0.25, 0.3) is 0 Å². The molecule has 0 saturated heterocycles. The van der Waals surface area contributed by atoms with Crippen molar-refractivity contribution in [2.75, 3.05) is 0 Å². The molecular formula is C10H9BrN2O2. The molecule has 0 spiro atoms. The number of halogens is 1. The van der Waals surface area contributed by atoms with Gasteiger partial charge in [-0.3, -0.25) is 4.79 Å². The highest BCUT2D eigenvalue weighted by molar-refractivity contribution is 9.10. The second-order valence-electron chi connectivity index (χ2n) is 2.99. The van der Waals surface area contributed by atoms with E-state index in [1.807, 2.05) is 6.07 Å². The lowest BCUT2D eigenvalue weighted by Gasteiger charge is -2.07. The van der Waals surface area contributed by atoms with E-state index in [-0.39, 0.29) is 11.3 Å². The Kier molecular flexibility index (Phi) is 3.69. The maximum atomic E-state index is 11.5. The molecule has 1 unspecified atom stereocenters. The molecule has 2 N–H and O–H groups in total. The van der Waals surface area contributed by atoms with E-state index in [1.54, 1.807) is 13.0 Å². The Morgan fingerprint density at radius 1 is 1.67 bits per heavy atom. The highest BCUT2D eigenvalue weighted by Crippen LogP contribution is 2.22. The summed E-state index contributed by atoms with van der Waals surface area (Å²) in [7, 11) is 0. The Morgan fingerprint density at radius 3 is 2.87 bits per heavy atom. The molecule has 1 atom stereocenters. The second-order valence-corrected chi connectivity index (χ2v) is 3.90. The van der Waals surface area contributed by atoms with Crippen molar-refractivity contribution in [1.29, 1.82) is 5.26 Å². The van der Waals surface area contributed by atoms with Crippen LogP contribution in [0.3, 0.4) is 0 Å². The number of rotatable bonds is 2. The van der Waals surface area contributed by atoms with Gasteiger partial charge in [-0.25, -0.2) is 0 Å². The molecule has 1 amide bonds. The summed E-state index contributed by atoms with van der Waals surface area (Å²) in [6.45, 7) is 1.56. The van der Waals surface area contributed by atoms with E-state index < -0.39 is 11.9 Å². The standard InChI is InChI=1S/C10H9BrN2O2/c1-6(5-12)13-10(15)8-3-2-7(11)4-9(8)14/h2-4,6,14H,1H3,(H,13,15). The van der Waals surface area contributed by atoms with Gasteiger partial charge >= 0.3 is 0 Å². The first kappa shape index (κ1) is 11.5. The van der Waals surface area contributed by atoms with Crippen molar-refractivity contribution in [3.63, 3.8) is 0 Å². The molecule has 0 fully saturated rings. The molecule has 5 heteroatoms. The van der Waals surface area contributed by atoms with Crippen molar-refractivity contribution in [2.24, 2.45) is 0 Å². The molecule has 78 valence electrons. The minimum atomic E-state index is -0.583. The average Bonchev–Trinajstić information content (AvgIpc) is 2.17. The summed E-state index contributed by atoms with van der Waals surface area (Å²) in [5, 5.41) is 20.4. The molecule has 1 rings (SSSR count). The lowest BCUT2D eigenvalue weighted by atomic mass is 10.2. The monoisotopic (exact) mass is 268 g/mol. The Morgan fingerprint density at radius 2 is 2.33 bits per heavy atom. The second kappa shape index (κ2) is 4.80. The first-order chi connectivity index (χ1) is 7.04. The predicted molar refractivity (Wildman–Crippen MR) is 58.3 cm³/mol. The zero-order valence-corrected chi connectivity index (χ0v) is 9.58. The summed E-state index contributed by atoms with van der Waals surface area (Å²) in [5.41, 5.74) is 0.153. The lowest BCUT2D eigenvalue weighted by molar-refractivity contribution is 0.0945. The van der Waals surface area contributed by atoms with Gasteiger partial charge in [0.2, 0.25) is 0 Å². The fourth-order valence-corrected chi connectivity index (χ4v) is 1.35. The van der Waals surface area contributed by atoms with Crippen molar-refractivity contribution >= 4 is 21.8 Å². The minimum absolute atomic E-state index is 0.119. The number of nitrogens with one attached hydrogen (secondary N) is 1. The van der Waals surface area contributed by atoms with Crippen LogP contribution < -0.4 is 5.32 Å². The smallest absolute Gasteiger partial charge is 0.256 e. The van der Waals surface area contributed by atoms with Crippen molar-refractivity contribution in [3.8, 4) is 11.8 Å². The van der Waals surface area contributed by atoms with Crippen LogP contribution in [0.4, 0.5) is 0 Å². The zero-order valence-electron chi connectivity index (χ0n) is 7.99. The van der Waals surface area contributed by atoms with Gasteiger partial charge < -0.3 is 10.4 Å². The molecule has 0 saturated carbocycles. The van der Waals surface area contributed by atoms with Gasteiger partial charge in [0, 0.05) is 4.47 Å². The highest BCUT2D eigenvalue weighted by Gasteiger charge is 2.13. The van der Waals surface area contributed by atoms with E-state index in [1.165, 1.54) is 12.1 Å². The number of hydrogen-bond donors (Lipinski definition) is 2. The molecule has 0 radical (unpaired) electrons. The van der Waals surface area contributed by atoms with E-state index in [4.69, 9.17) is 5.26 Å². The van der Waals surface area contributed by atoms with Crippen molar-refractivity contribution in [1.82, 2.24) is 5.32 Å². The van der Waals surface area contributed by atoms with Gasteiger partial charge in [0.05, 0.1) is 11.6 Å². The number of nitriles is 1. The topological polar surface area (TPSA) is 73.1 Å².